The van der Waals surface area contributed by atoms with Crippen molar-refractivity contribution in [2.75, 3.05) is 92.5 Å². The van der Waals surface area contributed by atoms with E-state index in [1.165, 1.54) is 56.2 Å². The van der Waals surface area contributed by atoms with Crippen molar-refractivity contribution in [1.82, 2.24) is 0 Å². The van der Waals surface area contributed by atoms with E-state index in [2.05, 4.69) is 19.1 Å². The molecule has 0 heterocycles. The molecule has 0 aromatic heterocycles. The first-order valence-electron chi connectivity index (χ1n) is 16.2. The molecule has 0 atom stereocenters. The fourth-order valence-electron chi connectivity index (χ4n) is 4.14. The van der Waals surface area contributed by atoms with Crippen LogP contribution in [0.2, 0.25) is 0 Å². The van der Waals surface area contributed by atoms with E-state index in [9.17, 15) is 8.42 Å². The number of ether oxygens (including phenoxy) is 7. The third-order valence-electron chi connectivity index (χ3n) is 6.60. The van der Waals surface area contributed by atoms with Crippen LogP contribution in [0.1, 0.15) is 51.0 Å². The summed E-state index contributed by atoms with van der Waals surface area (Å²) in [4.78, 5) is 0.126. The molecule has 0 aliphatic rings. The summed E-state index contributed by atoms with van der Waals surface area (Å²) in [6.07, 6.45) is 9.05. The Morgan fingerprint density at radius 3 is 1.44 bits per heavy atom. The van der Waals surface area contributed by atoms with Crippen molar-refractivity contribution in [2.45, 2.75) is 56.8 Å². The predicted octanol–water partition coefficient (Wildman–Crippen LogP) is 5.47. The normalized spacial score (nSPS) is 11.7. The fourth-order valence-corrected chi connectivity index (χ4v) is 5.05. The van der Waals surface area contributed by atoms with Crippen LogP contribution < -0.4 is 4.74 Å². The van der Waals surface area contributed by atoms with E-state index >= 15 is 0 Å². The number of hydrogen-bond donors (Lipinski definition) is 0. The summed E-state index contributed by atoms with van der Waals surface area (Å²) < 4.78 is 67.4. The van der Waals surface area contributed by atoms with Gasteiger partial charge in [-0.05, 0) is 42.7 Å². The van der Waals surface area contributed by atoms with Gasteiger partial charge in [-0.25, -0.2) is 0 Å². The van der Waals surface area contributed by atoms with Gasteiger partial charge in [-0.2, -0.15) is 8.42 Å². The quantitative estimate of drug-likeness (QED) is 0.0767. The second-order valence-corrected chi connectivity index (χ2v) is 11.9. The van der Waals surface area contributed by atoms with Crippen LogP contribution in [0, 0.1) is 0 Å². The first-order chi connectivity index (χ1) is 22.1. The maximum absolute atomic E-state index is 12.0. The summed E-state index contributed by atoms with van der Waals surface area (Å²) in [5, 5.41) is 0. The van der Waals surface area contributed by atoms with Crippen LogP contribution in [0.4, 0.5) is 0 Å². The zero-order valence-electron chi connectivity index (χ0n) is 27.0. The maximum atomic E-state index is 12.0. The molecule has 0 radical (unpaired) electrons. The molecule has 11 heteroatoms. The van der Waals surface area contributed by atoms with E-state index in [1.807, 2.05) is 12.1 Å². The molecule has 0 spiro atoms. The van der Waals surface area contributed by atoms with Gasteiger partial charge in [0.05, 0.1) is 90.8 Å². The van der Waals surface area contributed by atoms with E-state index in [1.54, 1.807) is 18.2 Å². The van der Waals surface area contributed by atoms with Crippen molar-refractivity contribution in [2.24, 2.45) is 0 Å². The van der Waals surface area contributed by atoms with Gasteiger partial charge < -0.3 is 33.2 Å². The Labute approximate surface area is 270 Å². The Kier molecular flexibility index (Phi) is 23.5. The summed E-state index contributed by atoms with van der Waals surface area (Å²) in [6.45, 7) is 7.94. The largest absolute Gasteiger partial charge is 0.491 e. The SMILES string of the molecule is CCCCCCCCc1ccc(OCCOCCOCCOCCOCCOCCOCCOS(=O)(=O)c2ccccc2)cc1. The molecule has 10 nitrogen and oxygen atoms in total. The lowest BCUT2D eigenvalue weighted by Crippen LogP contribution is -2.15. The van der Waals surface area contributed by atoms with E-state index in [0.29, 0.717) is 79.3 Å². The van der Waals surface area contributed by atoms with Gasteiger partial charge in [0.25, 0.3) is 10.1 Å². The third kappa shape index (κ3) is 21.4. The molecule has 0 fully saturated rings. The number of hydrogen-bond acceptors (Lipinski definition) is 10. The lowest BCUT2D eigenvalue weighted by molar-refractivity contribution is -0.0186. The Hall–Kier alpha value is -2.09. The van der Waals surface area contributed by atoms with Crippen molar-refractivity contribution in [3.63, 3.8) is 0 Å². The molecule has 2 aromatic carbocycles. The Morgan fingerprint density at radius 2 is 0.933 bits per heavy atom. The molecule has 2 rings (SSSR count). The van der Waals surface area contributed by atoms with E-state index in [0.717, 1.165) is 12.2 Å². The van der Waals surface area contributed by atoms with E-state index in [4.69, 9.17) is 37.3 Å². The topological polar surface area (TPSA) is 108 Å². The molecule has 0 bridgehead atoms. The Morgan fingerprint density at radius 1 is 0.489 bits per heavy atom. The van der Waals surface area contributed by atoms with Crippen molar-refractivity contribution in [3.05, 3.63) is 60.2 Å². The molecule has 0 N–H and O–H groups in total. The summed E-state index contributed by atoms with van der Waals surface area (Å²) in [5.41, 5.74) is 1.37. The molecular weight excluding hydrogens is 600 g/mol. The van der Waals surface area contributed by atoms with Crippen LogP contribution in [0.5, 0.6) is 5.75 Å². The molecular formula is C34H54O10S. The highest BCUT2D eigenvalue weighted by atomic mass is 32.2. The molecule has 0 amide bonds. The molecule has 256 valence electrons. The van der Waals surface area contributed by atoms with Gasteiger partial charge in [0, 0.05) is 0 Å². The summed E-state index contributed by atoms with van der Waals surface area (Å²) >= 11 is 0. The molecule has 2 aromatic rings. The number of aryl methyl sites for hydroxylation is 1. The lowest BCUT2D eigenvalue weighted by Gasteiger charge is -2.09. The summed E-state index contributed by atoms with van der Waals surface area (Å²) in [6, 6.07) is 16.4. The minimum Gasteiger partial charge on any atom is -0.491 e. The first kappa shape index (κ1) is 39.1. The third-order valence-corrected chi connectivity index (χ3v) is 7.92. The van der Waals surface area contributed by atoms with Crippen LogP contribution in [-0.2, 0) is 49.1 Å². The minimum atomic E-state index is -3.75. The molecule has 0 saturated carbocycles. The van der Waals surface area contributed by atoms with Crippen LogP contribution in [0.15, 0.2) is 59.5 Å². The van der Waals surface area contributed by atoms with Crippen molar-refractivity contribution in [3.8, 4) is 5.75 Å². The monoisotopic (exact) mass is 654 g/mol. The van der Waals surface area contributed by atoms with Crippen LogP contribution >= 0.6 is 0 Å². The van der Waals surface area contributed by atoms with E-state index < -0.39 is 10.1 Å². The Bertz CT molecular complexity index is 1030. The zero-order chi connectivity index (χ0) is 32.1. The zero-order valence-corrected chi connectivity index (χ0v) is 27.9. The van der Waals surface area contributed by atoms with E-state index in [-0.39, 0.29) is 18.1 Å². The number of benzene rings is 2. The van der Waals surface area contributed by atoms with Gasteiger partial charge in [0.2, 0.25) is 0 Å². The number of rotatable bonds is 31. The highest BCUT2D eigenvalue weighted by molar-refractivity contribution is 7.86. The lowest BCUT2D eigenvalue weighted by atomic mass is 10.0. The van der Waals surface area contributed by atoms with Crippen molar-refractivity contribution >= 4 is 10.1 Å². The molecule has 45 heavy (non-hydrogen) atoms. The molecule has 0 saturated heterocycles. The summed E-state index contributed by atoms with van der Waals surface area (Å²) in [7, 11) is -3.75. The van der Waals surface area contributed by atoms with Crippen LogP contribution in [0.3, 0.4) is 0 Å². The standard InChI is InChI=1S/C34H54O10S/c1-2-3-4-5-6-8-11-32-14-16-33(17-15-32)43-30-28-41-26-24-39-22-20-37-18-19-38-21-23-40-25-27-42-29-31-44-45(35,36)34-12-9-7-10-13-34/h7,9-10,12-17H,2-6,8,11,18-31H2,1H3. The van der Waals surface area contributed by atoms with Gasteiger partial charge in [-0.1, -0.05) is 69.4 Å². The highest BCUT2D eigenvalue weighted by Crippen LogP contribution is 2.15. The highest BCUT2D eigenvalue weighted by Gasteiger charge is 2.13. The second-order valence-electron chi connectivity index (χ2n) is 10.3. The van der Waals surface area contributed by atoms with Crippen molar-refractivity contribution in [1.29, 1.82) is 0 Å². The predicted molar refractivity (Wildman–Crippen MR) is 174 cm³/mol. The molecule has 0 aliphatic carbocycles. The molecule has 0 unspecified atom stereocenters. The second kappa shape index (κ2) is 27.1. The molecule has 0 aliphatic heterocycles. The van der Waals surface area contributed by atoms with Gasteiger partial charge in [0.15, 0.2) is 0 Å². The van der Waals surface area contributed by atoms with Gasteiger partial charge >= 0.3 is 0 Å². The van der Waals surface area contributed by atoms with Gasteiger partial charge in [-0.15, -0.1) is 0 Å². The average molecular weight is 655 g/mol. The number of unbranched alkanes of at least 4 members (excludes halogenated alkanes) is 5. The minimum absolute atomic E-state index is 0.0517. The first-order valence-corrected chi connectivity index (χ1v) is 17.7. The van der Waals surface area contributed by atoms with Crippen LogP contribution in [-0.4, -0.2) is 101 Å². The average Bonchev–Trinajstić information content (AvgIpc) is 3.06. The van der Waals surface area contributed by atoms with Crippen LogP contribution in [0.25, 0.3) is 0 Å². The summed E-state index contributed by atoms with van der Waals surface area (Å²) in [5.74, 6) is 0.875. The smallest absolute Gasteiger partial charge is 0.297 e. The Balaban J connectivity index is 1.25. The maximum Gasteiger partial charge on any atom is 0.297 e. The van der Waals surface area contributed by atoms with Crippen molar-refractivity contribution < 1.29 is 45.8 Å². The van der Waals surface area contributed by atoms with Gasteiger partial charge in [-0.3, -0.25) is 4.18 Å². The fraction of sp³-hybridized carbons (Fsp3) is 0.647. The van der Waals surface area contributed by atoms with Gasteiger partial charge in [0.1, 0.15) is 12.4 Å².